The average Bonchev–Trinajstić information content (AvgIpc) is 3.09. The van der Waals surface area contributed by atoms with Crippen LogP contribution in [-0.2, 0) is 4.79 Å². The number of allylic oxidation sites excluding steroid dienone is 1. The summed E-state index contributed by atoms with van der Waals surface area (Å²) in [5.74, 6) is 0.949. The molecule has 2 heterocycles. The molecule has 7 heteroatoms. The number of anilines is 1. The van der Waals surface area contributed by atoms with Gasteiger partial charge in [-0.25, -0.2) is 4.79 Å². The quantitative estimate of drug-likeness (QED) is 0.793. The van der Waals surface area contributed by atoms with Crippen LogP contribution in [0.2, 0.25) is 0 Å². The maximum atomic E-state index is 12.9. The topological polar surface area (TPSA) is 88.7 Å². The van der Waals surface area contributed by atoms with E-state index in [9.17, 15) is 9.59 Å². The normalized spacial score (nSPS) is 18.2. The number of urea groups is 1. The lowest BCUT2D eigenvalue weighted by atomic mass is 9.94. The Morgan fingerprint density at radius 3 is 2.69 bits per heavy atom. The summed E-state index contributed by atoms with van der Waals surface area (Å²) in [6.07, 6.45) is 0. The zero-order valence-corrected chi connectivity index (χ0v) is 14.0. The Kier molecular flexibility index (Phi) is 3.96. The number of hydrogen-bond donors (Lipinski definition) is 3. The number of rotatable bonds is 3. The maximum Gasteiger partial charge on any atom is 0.319 e. The molecule has 3 amide bonds. The van der Waals surface area contributed by atoms with E-state index >= 15 is 0 Å². The standard InChI is InChI=1S/C19H17N3O4/c1-11-16(18(23)21-13-5-3-2-4-6-13)17(22-19(24)20-11)12-7-8-14-15(9-12)26-10-25-14/h2-9,17H,10H2,1H3,(H,21,23)(H2,20,22,24)/t17-/m1/s1. The number of carbonyl (C=O) groups is 2. The van der Waals surface area contributed by atoms with Gasteiger partial charge in [0.25, 0.3) is 5.91 Å². The molecule has 26 heavy (non-hydrogen) atoms. The molecule has 0 radical (unpaired) electrons. The van der Waals surface area contributed by atoms with Crippen LogP contribution in [0.3, 0.4) is 0 Å². The van der Waals surface area contributed by atoms with Crippen LogP contribution in [0.25, 0.3) is 0 Å². The highest BCUT2D eigenvalue weighted by Crippen LogP contribution is 2.37. The molecule has 0 aliphatic carbocycles. The lowest BCUT2D eigenvalue weighted by Crippen LogP contribution is -2.45. The van der Waals surface area contributed by atoms with E-state index in [1.165, 1.54) is 0 Å². The van der Waals surface area contributed by atoms with E-state index in [4.69, 9.17) is 9.47 Å². The average molecular weight is 351 g/mol. The van der Waals surface area contributed by atoms with Crippen molar-refractivity contribution in [1.29, 1.82) is 0 Å². The van der Waals surface area contributed by atoms with Gasteiger partial charge in [0.2, 0.25) is 6.79 Å². The van der Waals surface area contributed by atoms with Gasteiger partial charge in [-0.2, -0.15) is 0 Å². The van der Waals surface area contributed by atoms with Gasteiger partial charge in [-0.1, -0.05) is 24.3 Å². The highest BCUT2D eigenvalue weighted by atomic mass is 16.7. The third-order valence-electron chi connectivity index (χ3n) is 4.28. The van der Waals surface area contributed by atoms with Crippen LogP contribution in [0.15, 0.2) is 59.8 Å². The first-order valence-corrected chi connectivity index (χ1v) is 8.16. The smallest absolute Gasteiger partial charge is 0.319 e. The minimum Gasteiger partial charge on any atom is -0.454 e. The van der Waals surface area contributed by atoms with Crippen molar-refractivity contribution in [2.75, 3.05) is 12.1 Å². The summed E-state index contributed by atoms with van der Waals surface area (Å²) in [7, 11) is 0. The van der Waals surface area contributed by atoms with E-state index in [-0.39, 0.29) is 18.7 Å². The van der Waals surface area contributed by atoms with Crippen LogP contribution in [-0.4, -0.2) is 18.7 Å². The van der Waals surface area contributed by atoms with Crippen LogP contribution in [0.4, 0.5) is 10.5 Å². The molecule has 3 N–H and O–H groups in total. The summed E-state index contributed by atoms with van der Waals surface area (Å²) in [5, 5.41) is 8.33. The fourth-order valence-corrected chi connectivity index (χ4v) is 3.06. The Hall–Kier alpha value is -3.48. The summed E-state index contributed by atoms with van der Waals surface area (Å²) in [6.45, 7) is 1.87. The summed E-state index contributed by atoms with van der Waals surface area (Å²) < 4.78 is 10.7. The highest BCUT2D eigenvalue weighted by molar-refractivity contribution is 6.06. The van der Waals surface area contributed by atoms with Gasteiger partial charge in [0, 0.05) is 11.4 Å². The molecule has 7 nitrogen and oxygen atoms in total. The number of hydrogen-bond acceptors (Lipinski definition) is 4. The minimum absolute atomic E-state index is 0.160. The number of carbonyl (C=O) groups excluding carboxylic acids is 2. The molecule has 0 spiro atoms. The Labute approximate surface area is 150 Å². The van der Waals surface area contributed by atoms with Crippen molar-refractivity contribution in [3.8, 4) is 11.5 Å². The number of fused-ring (bicyclic) bond motifs is 1. The lowest BCUT2D eigenvalue weighted by Gasteiger charge is -2.28. The Balaban J connectivity index is 1.68. The molecule has 0 fully saturated rings. The second-order valence-electron chi connectivity index (χ2n) is 6.00. The molecule has 0 unspecified atom stereocenters. The molecule has 4 rings (SSSR count). The lowest BCUT2D eigenvalue weighted by molar-refractivity contribution is -0.113. The van der Waals surface area contributed by atoms with Gasteiger partial charge in [0.15, 0.2) is 11.5 Å². The predicted molar refractivity (Wildman–Crippen MR) is 94.7 cm³/mol. The zero-order valence-electron chi connectivity index (χ0n) is 14.0. The first-order chi connectivity index (χ1) is 12.6. The van der Waals surface area contributed by atoms with E-state index in [2.05, 4.69) is 16.0 Å². The van der Waals surface area contributed by atoms with Gasteiger partial charge in [0.05, 0.1) is 11.6 Å². The molecule has 132 valence electrons. The van der Waals surface area contributed by atoms with Gasteiger partial charge in [-0.15, -0.1) is 0 Å². The van der Waals surface area contributed by atoms with Gasteiger partial charge in [0.1, 0.15) is 0 Å². The number of nitrogens with one attached hydrogen (secondary N) is 3. The fraction of sp³-hybridized carbons (Fsp3) is 0.158. The van der Waals surface area contributed by atoms with Gasteiger partial charge in [-0.05, 0) is 36.8 Å². The molecule has 0 bridgehead atoms. The largest absolute Gasteiger partial charge is 0.454 e. The van der Waals surface area contributed by atoms with Crippen molar-refractivity contribution in [3.05, 3.63) is 65.4 Å². The molecule has 1 atom stereocenters. The summed E-state index contributed by atoms with van der Waals surface area (Å²) in [5.41, 5.74) is 2.36. The number of benzene rings is 2. The fourth-order valence-electron chi connectivity index (χ4n) is 3.06. The molecule has 0 aromatic heterocycles. The second-order valence-corrected chi connectivity index (χ2v) is 6.00. The van der Waals surface area contributed by atoms with Crippen LogP contribution in [0.1, 0.15) is 18.5 Å². The highest BCUT2D eigenvalue weighted by Gasteiger charge is 2.32. The summed E-state index contributed by atoms with van der Waals surface area (Å²) in [6, 6.07) is 13.6. The van der Waals surface area contributed by atoms with Crippen LogP contribution in [0.5, 0.6) is 11.5 Å². The van der Waals surface area contributed by atoms with Crippen molar-refractivity contribution in [2.24, 2.45) is 0 Å². The van der Waals surface area contributed by atoms with Crippen molar-refractivity contribution < 1.29 is 19.1 Å². The first kappa shape index (κ1) is 16.0. The van der Waals surface area contributed by atoms with Crippen molar-refractivity contribution in [3.63, 3.8) is 0 Å². The zero-order chi connectivity index (χ0) is 18.1. The maximum absolute atomic E-state index is 12.9. The Morgan fingerprint density at radius 2 is 1.88 bits per heavy atom. The second kappa shape index (κ2) is 6.44. The minimum atomic E-state index is -0.595. The molecule has 0 saturated carbocycles. The molecule has 2 aromatic rings. The van der Waals surface area contributed by atoms with Gasteiger partial charge >= 0.3 is 6.03 Å². The van der Waals surface area contributed by atoms with Crippen molar-refractivity contribution in [1.82, 2.24) is 10.6 Å². The number of para-hydroxylation sites is 1. The van der Waals surface area contributed by atoms with E-state index < -0.39 is 6.04 Å². The van der Waals surface area contributed by atoms with Gasteiger partial charge in [-0.3, -0.25) is 4.79 Å². The van der Waals surface area contributed by atoms with Crippen molar-refractivity contribution in [2.45, 2.75) is 13.0 Å². The van der Waals surface area contributed by atoms with E-state index in [1.807, 2.05) is 24.3 Å². The monoisotopic (exact) mass is 351 g/mol. The predicted octanol–water partition coefficient (Wildman–Crippen LogP) is 2.68. The Bertz CT molecular complexity index is 908. The van der Waals surface area contributed by atoms with Crippen LogP contribution in [0, 0.1) is 0 Å². The van der Waals surface area contributed by atoms with E-state index in [0.29, 0.717) is 28.5 Å². The van der Waals surface area contributed by atoms with Crippen LogP contribution >= 0.6 is 0 Å². The van der Waals surface area contributed by atoms with E-state index in [1.54, 1.807) is 31.2 Å². The SMILES string of the molecule is CC1=C(C(=O)Nc2ccccc2)[C@@H](c2ccc3c(c2)OCO3)NC(=O)N1. The third-order valence-corrected chi connectivity index (χ3v) is 4.28. The third kappa shape index (κ3) is 2.95. The first-order valence-electron chi connectivity index (χ1n) is 8.16. The van der Waals surface area contributed by atoms with Crippen LogP contribution < -0.4 is 25.4 Å². The molecular formula is C19H17N3O4. The van der Waals surface area contributed by atoms with Crippen molar-refractivity contribution >= 4 is 17.6 Å². The molecule has 0 saturated heterocycles. The Morgan fingerprint density at radius 1 is 1.12 bits per heavy atom. The summed E-state index contributed by atoms with van der Waals surface area (Å²) in [4.78, 5) is 24.9. The molecule has 2 aliphatic heterocycles. The molecule has 2 aliphatic rings. The summed E-state index contributed by atoms with van der Waals surface area (Å²) >= 11 is 0. The molecular weight excluding hydrogens is 334 g/mol. The molecule has 2 aromatic carbocycles. The number of ether oxygens (including phenoxy) is 2. The van der Waals surface area contributed by atoms with Gasteiger partial charge < -0.3 is 25.4 Å². The number of amides is 3. The van der Waals surface area contributed by atoms with E-state index in [0.717, 1.165) is 5.56 Å².